The molecule has 2 heterocycles. The van der Waals surface area contributed by atoms with E-state index in [0.717, 1.165) is 25.7 Å². The summed E-state index contributed by atoms with van der Waals surface area (Å²) < 4.78 is 27.4. The molecule has 2 atom stereocenters. The number of benzene rings is 2. The number of carbonyl (C=O) groups excluding carboxylic acids is 3. The highest BCUT2D eigenvalue weighted by Crippen LogP contribution is 2.25. The average Bonchev–Trinajstić information content (AvgIpc) is 3.28. The zero-order valence-corrected chi connectivity index (χ0v) is 22.8. The van der Waals surface area contributed by atoms with Gasteiger partial charge in [0.25, 0.3) is 5.91 Å². The van der Waals surface area contributed by atoms with Crippen molar-refractivity contribution in [2.24, 2.45) is 11.8 Å². The fraction of sp³-hybridized carbons (Fsp3) is 0.464. The summed E-state index contributed by atoms with van der Waals surface area (Å²) in [6.45, 7) is 6.28. The van der Waals surface area contributed by atoms with Gasteiger partial charge in [-0.05, 0) is 73.7 Å². The third-order valence-electron chi connectivity index (χ3n) is 7.15. The number of nitrogens with zero attached hydrogens (tertiary/aromatic N) is 2. The first kappa shape index (κ1) is 27.8. The molecule has 38 heavy (non-hydrogen) atoms. The summed E-state index contributed by atoms with van der Waals surface area (Å²) in [7, 11) is -3.56. The van der Waals surface area contributed by atoms with Crippen LogP contribution in [0.1, 0.15) is 56.3 Å². The molecule has 2 saturated heterocycles. The van der Waals surface area contributed by atoms with Crippen molar-refractivity contribution in [3.8, 4) is 0 Å². The Morgan fingerprint density at radius 2 is 1.63 bits per heavy atom. The third kappa shape index (κ3) is 6.60. The monoisotopic (exact) mass is 540 g/mol. The number of likely N-dealkylation sites (tertiary alicyclic amines) is 1. The highest BCUT2D eigenvalue weighted by atomic mass is 32.2. The predicted octanol–water partition coefficient (Wildman–Crippen LogP) is 3.95. The second-order valence-electron chi connectivity index (χ2n) is 10.2. The number of nitrogens with one attached hydrogen (secondary N) is 2. The van der Waals surface area contributed by atoms with E-state index >= 15 is 0 Å². The molecule has 10 heteroatoms. The van der Waals surface area contributed by atoms with Crippen molar-refractivity contribution < 1.29 is 22.8 Å². The lowest BCUT2D eigenvalue weighted by atomic mass is 10.0. The van der Waals surface area contributed by atoms with E-state index in [0.29, 0.717) is 49.0 Å². The van der Waals surface area contributed by atoms with Crippen molar-refractivity contribution in [2.75, 3.05) is 36.8 Å². The van der Waals surface area contributed by atoms with Crippen LogP contribution >= 0.6 is 0 Å². The molecule has 2 N–H and O–H groups in total. The number of hydrogen-bond donors (Lipinski definition) is 2. The second-order valence-corrected chi connectivity index (χ2v) is 12.2. The molecule has 3 amide bonds. The van der Waals surface area contributed by atoms with Crippen LogP contribution in [0.4, 0.5) is 11.4 Å². The number of amides is 3. The first-order chi connectivity index (χ1) is 18.2. The van der Waals surface area contributed by atoms with E-state index in [4.69, 9.17) is 0 Å². The molecule has 2 aromatic rings. The average molecular weight is 541 g/mol. The number of hydrogen-bond acceptors (Lipinski definition) is 5. The van der Waals surface area contributed by atoms with Gasteiger partial charge in [0.05, 0.1) is 10.8 Å². The topological polar surface area (TPSA) is 116 Å². The van der Waals surface area contributed by atoms with E-state index in [1.165, 1.54) is 16.4 Å². The molecule has 9 nitrogen and oxygen atoms in total. The van der Waals surface area contributed by atoms with Gasteiger partial charge in [-0.2, -0.15) is 4.31 Å². The molecule has 0 spiro atoms. The second kappa shape index (κ2) is 12.1. The number of carbonyl (C=O) groups is 3. The van der Waals surface area contributed by atoms with Gasteiger partial charge in [0, 0.05) is 49.5 Å². The zero-order chi connectivity index (χ0) is 27.3. The summed E-state index contributed by atoms with van der Waals surface area (Å²) in [5.74, 6) is -0.589. The lowest BCUT2D eigenvalue weighted by Crippen LogP contribution is -2.39. The van der Waals surface area contributed by atoms with Crippen molar-refractivity contribution in [2.45, 2.75) is 50.8 Å². The molecule has 0 aliphatic carbocycles. The Balaban J connectivity index is 1.31. The maximum absolute atomic E-state index is 12.9. The summed E-state index contributed by atoms with van der Waals surface area (Å²) in [6, 6.07) is 12.7. The number of anilines is 2. The highest BCUT2D eigenvalue weighted by Gasteiger charge is 2.34. The molecule has 0 aromatic heterocycles. The molecular weight excluding hydrogens is 504 g/mol. The SMILES string of the molecule is CCCCN1CC(C(=O)Nc2ccc(C(=O)Nc3ccc(S(=O)(=O)N4CCCC(C)C4)cc3)cc2)CC1=O. The van der Waals surface area contributed by atoms with Crippen LogP contribution in [0.15, 0.2) is 53.4 Å². The molecule has 0 radical (unpaired) electrons. The largest absolute Gasteiger partial charge is 0.342 e. The lowest BCUT2D eigenvalue weighted by Gasteiger charge is -2.30. The van der Waals surface area contributed by atoms with Gasteiger partial charge in [0.2, 0.25) is 21.8 Å². The van der Waals surface area contributed by atoms with Crippen molar-refractivity contribution in [3.63, 3.8) is 0 Å². The summed E-state index contributed by atoms with van der Waals surface area (Å²) >= 11 is 0. The van der Waals surface area contributed by atoms with Crippen molar-refractivity contribution in [1.29, 1.82) is 0 Å². The Kier molecular flexibility index (Phi) is 8.83. The van der Waals surface area contributed by atoms with Gasteiger partial charge in [-0.15, -0.1) is 0 Å². The van der Waals surface area contributed by atoms with Crippen LogP contribution in [0.2, 0.25) is 0 Å². The van der Waals surface area contributed by atoms with Gasteiger partial charge < -0.3 is 15.5 Å². The zero-order valence-electron chi connectivity index (χ0n) is 22.0. The van der Waals surface area contributed by atoms with Gasteiger partial charge in [0.15, 0.2) is 0 Å². The van der Waals surface area contributed by atoms with Crippen LogP contribution in [-0.4, -0.2) is 61.5 Å². The number of piperidine rings is 1. The molecule has 2 fully saturated rings. The Labute approximate surface area is 224 Å². The van der Waals surface area contributed by atoms with E-state index < -0.39 is 10.0 Å². The van der Waals surface area contributed by atoms with E-state index in [9.17, 15) is 22.8 Å². The van der Waals surface area contributed by atoms with E-state index in [1.807, 2.05) is 0 Å². The minimum Gasteiger partial charge on any atom is -0.342 e. The Morgan fingerprint density at radius 3 is 2.29 bits per heavy atom. The van der Waals surface area contributed by atoms with Gasteiger partial charge in [0.1, 0.15) is 0 Å². The van der Waals surface area contributed by atoms with Gasteiger partial charge in [-0.25, -0.2) is 8.42 Å². The molecule has 2 aliphatic rings. The van der Waals surface area contributed by atoms with Gasteiger partial charge in [-0.1, -0.05) is 20.3 Å². The molecule has 2 unspecified atom stereocenters. The molecule has 4 rings (SSSR count). The maximum atomic E-state index is 12.9. The van der Waals surface area contributed by atoms with Crippen molar-refractivity contribution in [1.82, 2.24) is 9.21 Å². The molecular formula is C28H36N4O5S. The number of sulfonamides is 1. The molecule has 204 valence electrons. The highest BCUT2D eigenvalue weighted by molar-refractivity contribution is 7.89. The number of unbranched alkanes of at least 4 members (excludes halogenated alkanes) is 1. The van der Waals surface area contributed by atoms with Crippen LogP contribution in [0.5, 0.6) is 0 Å². The van der Waals surface area contributed by atoms with Gasteiger partial charge in [-0.3, -0.25) is 14.4 Å². The first-order valence-electron chi connectivity index (χ1n) is 13.3. The quantitative estimate of drug-likeness (QED) is 0.500. The van der Waals surface area contributed by atoms with Crippen LogP contribution in [0.25, 0.3) is 0 Å². The molecule has 0 bridgehead atoms. The van der Waals surface area contributed by atoms with Crippen LogP contribution < -0.4 is 10.6 Å². The Bertz CT molecular complexity index is 1260. The summed E-state index contributed by atoms with van der Waals surface area (Å²) in [5, 5.41) is 5.61. The third-order valence-corrected chi connectivity index (χ3v) is 9.03. The van der Waals surface area contributed by atoms with E-state index in [-0.39, 0.29) is 35.0 Å². The molecule has 0 saturated carbocycles. The first-order valence-corrected chi connectivity index (χ1v) is 14.7. The van der Waals surface area contributed by atoms with Crippen molar-refractivity contribution >= 4 is 39.1 Å². The Morgan fingerprint density at radius 1 is 0.974 bits per heavy atom. The summed E-state index contributed by atoms with van der Waals surface area (Å²) in [6.07, 6.45) is 4.02. The molecule has 2 aromatic carbocycles. The summed E-state index contributed by atoms with van der Waals surface area (Å²) in [4.78, 5) is 39.4. The fourth-order valence-electron chi connectivity index (χ4n) is 4.89. The minimum atomic E-state index is -3.56. The standard InChI is InChI=1S/C28H36N4O5S/c1-3-4-15-31-19-22(17-26(31)33)28(35)30-23-9-7-21(8-10-23)27(34)29-24-11-13-25(14-12-24)38(36,37)32-16-5-6-20(2)18-32/h7-14,20,22H,3-6,15-19H2,1-2H3,(H,29,34)(H,30,35). The smallest absolute Gasteiger partial charge is 0.255 e. The van der Waals surface area contributed by atoms with Crippen LogP contribution in [0.3, 0.4) is 0 Å². The van der Waals surface area contributed by atoms with E-state index in [1.54, 1.807) is 41.3 Å². The van der Waals surface area contributed by atoms with E-state index in [2.05, 4.69) is 24.5 Å². The predicted molar refractivity (Wildman–Crippen MR) is 146 cm³/mol. The normalized spacial score (nSPS) is 20.4. The van der Waals surface area contributed by atoms with Crippen LogP contribution in [-0.2, 0) is 19.6 Å². The molecule has 2 aliphatic heterocycles. The lowest BCUT2D eigenvalue weighted by molar-refractivity contribution is -0.128. The number of rotatable bonds is 9. The Hall–Kier alpha value is -3.24. The maximum Gasteiger partial charge on any atom is 0.255 e. The minimum absolute atomic E-state index is 0.0114. The summed E-state index contributed by atoms with van der Waals surface area (Å²) in [5.41, 5.74) is 1.42. The van der Waals surface area contributed by atoms with Crippen LogP contribution in [0, 0.1) is 11.8 Å². The van der Waals surface area contributed by atoms with Gasteiger partial charge >= 0.3 is 0 Å². The van der Waals surface area contributed by atoms with Crippen molar-refractivity contribution in [3.05, 3.63) is 54.1 Å². The fourth-order valence-corrected chi connectivity index (χ4v) is 6.49.